The number of allylic oxidation sites excluding steroid dienone is 1. The fraction of sp³-hybridized carbons (Fsp3) is 0.581. The van der Waals surface area contributed by atoms with Crippen LogP contribution in [0.1, 0.15) is 117 Å². The number of amides is 2. The summed E-state index contributed by atoms with van der Waals surface area (Å²) in [6.45, 7) is 18.0. The van der Waals surface area contributed by atoms with Gasteiger partial charge in [0, 0.05) is 6.54 Å². The Hall–Kier alpha value is -3.89. The van der Waals surface area contributed by atoms with Gasteiger partial charge in [0.2, 0.25) is 11.8 Å². The van der Waals surface area contributed by atoms with Crippen LogP contribution >= 0.6 is 11.6 Å². The minimum atomic E-state index is -1.22. The van der Waals surface area contributed by atoms with Crippen LogP contribution in [0.5, 0.6) is 5.75 Å². The van der Waals surface area contributed by atoms with Gasteiger partial charge in [0.1, 0.15) is 5.75 Å². The molecule has 0 fully saturated rings. The summed E-state index contributed by atoms with van der Waals surface area (Å²) in [5, 5.41) is 24.2. The van der Waals surface area contributed by atoms with Gasteiger partial charge in [-0.2, -0.15) is 0 Å². The van der Waals surface area contributed by atoms with Crippen molar-refractivity contribution in [3.8, 4) is 5.75 Å². The van der Waals surface area contributed by atoms with Crippen LogP contribution in [0.15, 0.2) is 54.6 Å². The number of nitrogens with one attached hydrogen (secondary N) is 2. The number of benzene rings is 2. The molecule has 0 aliphatic carbocycles. The number of esters is 1. The smallest absolute Gasteiger partial charge is 0.345 e. The molecule has 0 aromatic heterocycles. The van der Waals surface area contributed by atoms with E-state index < -0.39 is 29.9 Å². The lowest BCUT2D eigenvalue weighted by atomic mass is 9.79. The molecule has 2 aromatic carbocycles. The lowest BCUT2D eigenvalue weighted by molar-refractivity contribution is -0.167. The molecule has 10 nitrogen and oxygen atoms in total. The molecule has 2 rings (SSSR count). The number of rotatable bonds is 20. The Labute approximate surface area is 329 Å². The Morgan fingerprint density at radius 3 is 2.06 bits per heavy atom. The predicted molar refractivity (Wildman–Crippen MR) is 218 cm³/mol. The van der Waals surface area contributed by atoms with Gasteiger partial charge in [-0.25, -0.2) is 4.79 Å². The van der Waals surface area contributed by atoms with Crippen LogP contribution in [0.25, 0.3) is 0 Å². The number of carboxylic acid groups (broad SMARTS) is 1. The molecule has 0 radical (unpaired) electrons. The van der Waals surface area contributed by atoms with Crippen LogP contribution in [0.3, 0.4) is 0 Å². The Bertz CT molecular complexity index is 1410. The van der Waals surface area contributed by atoms with Gasteiger partial charge < -0.3 is 30.3 Å². The zero-order valence-electron chi connectivity index (χ0n) is 34.2. The lowest BCUT2D eigenvalue weighted by Gasteiger charge is -2.26. The van der Waals surface area contributed by atoms with Crippen molar-refractivity contribution in [1.82, 2.24) is 10.6 Å². The monoisotopic (exact) mass is 774 g/mol. The summed E-state index contributed by atoms with van der Waals surface area (Å²) in [4.78, 5) is 47.5. The van der Waals surface area contributed by atoms with Gasteiger partial charge in [0.25, 0.3) is 0 Å². The summed E-state index contributed by atoms with van der Waals surface area (Å²) >= 11 is 5.80. The van der Waals surface area contributed by atoms with Crippen LogP contribution < -0.4 is 15.4 Å². The van der Waals surface area contributed by atoms with E-state index in [2.05, 4.69) is 57.4 Å². The number of unbranched alkanes of at least 4 members (excludes halogenated alkanes) is 2. The van der Waals surface area contributed by atoms with Gasteiger partial charge in [0.05, 0.1) is 31.2 Å². The van der Waals surface area contributed by atoms with E-state index in [0.717, 1.165) is 29.7 Å². The van der Waals surface area contributed by atoms with E-state index >= 15 is 0 Å². The molecule has 0 bridgehead atoms. The van der Waals surface area contributed by atoms with Gasteiger partial charge in [-0.3, -0.25) is 14.4 Å². The number of ether oxygens (including phenoxy) is 2. The van der Waals surface area contributed by atoms with Crippen molar-refractivity contribution in [2.24, 2.45) is 23.7 Å². The topological polar surface area (TPSA) is 151 Å². The van der Waals surface area contributed by atoms with E-state index in [9.17, 15) is 29.4 Å². The minimum Gasteiger partial charge on any atom is -0.495 e. The number of carboxylic acids is 1. The number of aliphatic carboxylic acids is 1. The molecule has 11 heteroatoms. The van der Waals surface area contributed by atoms with E-state index in [1.165, 1.54) is 37.8 Å². The molecule has 5 atom stereocenters. The van der Waals surface area contributed by atoms with Crippen molar-refractivity contribution >= 4 is 35.4 Å². The molecule has 0 unspecified atom stereocenters. The van der Waals surface area contributed by atoms with Crippen LogP contribution in [0.4, 0.5) is 0 Å². The van der Waals surface area contributed by atoms with Crippen molar-refractivity contribution in [3.63, 3.8) is 0 Å². The Morgan fingerprint density at radius 2 is 1.56 bits per heavy atom. The first-order valence-electron chi connectivity index (χ1n) is 19.1. The number of aliphatic hydroxyl groups is 1. The molecular weight excluding hydrogens is 708 g/mol. The van der Waals surface area contributed by atoms with Crippen LogP contribution in [-0.4, -0.2) is 60.3 Å². The number of carbonyl (C=O) groups excluding carboxylic acids is 3. The Morgan fingerprint density at radius 1 is 0.926 bits per heavy atom. The van der Waals surface area contributed by atoms with Gasteiger partial charge in [-0.1, -0.05) is 123 Å². The molecule has 2 aromatic rings. The number of aryl methyl sites for hydroxylation is 1. The number of halogens is 1. The highest BCUT2D eigenvalue weighted by atomic mass is 35.5. The van der Waals surface area contributed by atoms with Gasteiger partial charge in [-0.05, 0) is 84.8 Å². The standard InChI is InChI=1S/C30H46N2O7.C8H9ClO.C5H12/c1-19(2)15-26(29(36)37)39-30(38)21(4)16-31-28(35)17-32-27(34)10-8-7-9-20(3)22(5)23(6)25-13-11-24(18-33)12-14-25;1-6-3-4-8(10-2)7(9)5-6;1-3-5-4-2/h8,10-14,19-23,26,33H,7,9,15-18H2,1-6H3,(H,31,35)(H,32,34)(H,36,37);3-5H,1-2H3;3-5H2,1-2H3/b10-8+;;/t20-,21+,22+,23-,26-;;/m0../s1. The highest BCUT2D eigenvalue weighted by molar-refractivity contribution is 6.32. The van der Waals surface area contributed by atoms with Gasteiger partial charge in [-0.15, -0.1) is 0 Å². The summed E-state index contributed by atoms with van der Waals surface area (Å²) < 4.78 is 10.0. The van der Waals surface area contributed by atoms with Crippen molar-refractivity contribution in [2.45, 2.75) is 119 Å². The van der Waals surface area contributed by atoms with E-state index in [1.807, 2.05) is 51.1 Å². The van der Waals surface area contributed by atoms with Gasteiger partial charge >= 0.3 is 11.9 Å². The number of aliphatic hydroxyl groups excluding tert-OH is 1. The molecule has 0 aliphatic heterocycles. The zero-order valence-corrected chi connectivity index (χ0v) is 35.0. The van der Waals surface area contributed by atoms with Crippen LogP contribution in [0.2, 0.25) is 5.02 Å². The molecule has 4 N–H and O–H groups in total. The maximum atomic E-state index is 12.2. The summed E-state index contributed by atoms with van der Waals surface area (Å²) in [6.07, 6.45) is 7.92. The first-order chi connectivity index (χ1) is 25.5. The normalized spacial score (nSPS) is 13.6. The maximum Gasteiger partial charge on any atom is 0.345 e. The van der Waals surface area contributed by atoms with E-state index in [-0.39, 0.29) is 37.9 Å². The zero-order chi connectivity index (χ0) is 41.2. The number of hydrogen-bond acceptors (Lipinski definition) is 7. The van der Waals surface area contributed by atoms with E-state index in [4.69, 9.17) is 21.1 Å². The first-order valence-corrected chi connectivity index (χ1v) is 19.5. The molecule has 0 spiro atoms. The third-order valence-corrected chi connectivity index (χ3v) is 9.39. The molecule has 2 amide bonds. The summed E-state index contributed by atoms with van der Waals surface area (Å²) in [6, 6.07) is 13.7. The van der Waals surface area contributed by atoms with E-state index in [1.54, 1.807) is 13.2 Å². The third kappa shape index (κ3) is 21.7. The van der Waals surface area contributed by atoms with Gasteiger partial charge in [0.15, 0.2) is 6.10 Å². The second kappa shape index (κ2) is 28.5. The molecule has 0 aliphatic rings. The average molecular weight is 775 g/mol. The fourth-order valence-electron chi connectivity index (χ4n) is 5.18. The molecule has 0 saturated heterocycles. The minimum absolute atomic E-state index is 0.0303. The third-order valence-electron chi connectivity index (χ3n) is 9.10. The van der Waals surface area contributed by atoms with Crippen LogP contribution in [0, 0.1) is 30.6 Å². The number of hydrogen-bond donors (Lipinski definition) is 4. The SMILES string of the molecule is CC(C)C[C@H](OC(=O)[C@H](C)CNC(=O)CNC(=O)/C=C/CC[C@H](C)[C@@H](C)[C@H](C)c1ccc(CO)cc1)C(=O)O.CCCCC.COc1ccc(C)cc1Cl. The number of methoxy groups -OCH3 is 1. The Kier molecular flexibility index (Phi) is 26.5. The number of carbonyl (C=O) groups is 4. The first kappa shape index (κ1) is 50.1. The van der Waals surface area contributed by atoms with Crippen molar-refractivity contribution in [1.29, 1.82) is 0 Å². The average Bonchev–Trinajstić information content (AvgIpc) is 3.14. The maximum absolute atomic E-state index is 12.2. The van der Waals surface area contributed by atoms with Crippen molar-refractivity contribution < 1.29 is 38.9 Å². The highest BCUT2D eigenvalue weighted by Gasteiger charge is 2.26. The van der Waals surface area contributed by atoms with Crippen molar-refractivity contribution in [3.05, 3.63) is 76.3 Å². The fourth-order valence-corrected chi connectivity index (χ4v) is 5.50. The molecule has 54 heavy (non-hydrogen) atoms. The second-order valence-electron chi connectivity index (χ2n) is 14.3. The quantitative estimate of drug-likeness (QED) is 0.0771. The summed E-state index contributed by atoms with van der Waals surface area (Å²) in [5.41, 5.74) is 3.28. The largest absolute Gasteiger partial charge is 0.495 e. The predicted octanol–water partition coefficient (Wildman–Crippen LogP) is 8.66. The van der Waals surface area contributed by atoms with Crippen LogP contribution in [-0.2, 0) is 30.5 Å². The highest BCUT2D eigenvalue weighted by Crippen LogP contribution is 2.32. The molecule has 304 valence electrons. The molecule has 0 heterocycles. The molecular formula is C43H67ClN2O8. The summed E-state index contributed by atoms with van der Waals surface area (Å²) in [7, 11) is 1.61. The van der Waals surface area contributed by atoms with Crippen molar-refractivity contribution in [2.75, 3.05) is 20.2 Å². The lowest BCUT2D eigenvalue weighted by Crippen LogP contribution is -2.40. The summed E-state index contributed by atoms with van der Waals surface area (Å²) in [5.74, 6) is -1.48. The molecule has 0 saturated carbocycles. The second-order valence-corrected chi connectivity index (χ2v) is 14.7. The Balaban J connectivity index is 0.00000154. The van der Waals surface area contributed by atoms with E-state index in [0.29, 0.717) is 22.8 Å².